The highest BCUT2D eigenvalue weighted by Crippen LogP contribution is 2.21. The Labute approximate surface area is 149 Å². The first-order valence-electron chi connectivity index (χ1n) is 7.54. The van der Waals surface area contributed by atoms with Crippen LogP contribution in [-0.2, 0) is 9.84 Å². The maximum absolute atomic E-state index is 12.9. The summed E-state index contributed by atoms with van der Waals surface area (Å²) in [5.74, 6) is -0.791. The van der Waals surface area contributed by atoms with Crippen molar-refractivity contribution in [1.82, 2.24) is 10.2 Å². The number of carbonyl (C=O) groups excluding carboxylic acids is 1. The summed E-state index contributed by atoms with van der Waals surface area (Å²) < 4.78 is 35.8. The lowest BCUT2D eigenvalue weighted by Crippen LogP contribution is -2.11. The van der Waals surface area contributed by atoms with Crippen LogP contribution in [0.1, 0.15) is 10.4 Å². The number of aromatic nitrogens is 2. The third kappa shape index (κ3) is 4.09. The summed E-state index contributed by atoms with van der Waals surface area (Å²) in [6.07, 6.45) is 1.06. The SMILES string of the molecule is CS(=O)(=O)c1ccc(-c2cccc(NC(=O)c3ccc(F)cc3)c2)nn1. The lowest BCUT2D eigenvalue weighted by molar-refractivity contribution is 0.102. The molecule has 1 aromatic heterocycles. The van der Waals surface area contributed by atoms with Gasteiger partial charge in [0.05, 0.1) is 5.69 Å². The van der Waals surface area contributed by atoms with Crippen LogP contribution in [0.3, 0.4) is 0 Å². The van der Waals surface area contributed by atoms with Crippen molar-refractivity contribution < 1.29 is 17.6 Å². The Bertz CT molecular complexity index is 1050. The van der Waals surface area contributed by atoms with E-state index in [0.717, 1.165) is 6.26 Å². The Morgan fingerprint density at radius 3 is 2.35 bits per heavy atom. The highest BCUT2D eigenvalue weighted by Gasteiger charge is 2.11. The Balaban J connectivity index is 1.82. The van der Waals surface area contributed by atoms with Crippen LogP contribution in [0.4, 0.5) is 10.1 Å². The number of nitrogens with one attached hydrogen (secondary N) is 1. The van der Waals surface area contributed by atoms with Gasteiger partial charge in [-0.1, -0.05) is 12.1 Å². The van der Waals surface area contributed by atoms with E-state index < -0.39 is 15.7 Å². The average Bonchev–Trinajstić information content (AvgIpc) is 2.62. The molecule has 0 bridgehead atoms. The molecule has 1 heterocycles. The summed E-state index contributed by atoms with van der Waals surface area (Å²) in [5.41, 5.74) is 1.98. The molecule has 0 saturated carbocycles. The molecule has 1 amide bonds. The number of benzene rings is 2. The fraction of sp³-hybridized carbons (Fsp3) is 0.0556. The molecular formula is C18H14FN3O3S. The standard InChI is InChI=1S/C18H14FN3O3S/c1-26(24,25)17-10-9-16(21-22-17)13-3-2-4-15(11-13)20-18(23)12-5-7-14(19)8-6-12/h2-11H,1H3,(H,20,23). The molecule has 0 spiro atoms. The van der Waals surface area contributed by atoms with Crippen molar-refractivity contribution >= 4 is 21.4 Å². The second kappa shape index (κ2) is 7.01. The van der Waals surface area contributed by atoms with Crippen LogP contribution < -0.4 is 5.32 Å². The van der Waals surface area contributed by atoms with Gasteiger partial charge in [0.15, 0.2) is 14.9 Å². The van der Waals surface area contributed by atoms with E-state index in [-0.39, 0.29) is 10.9 Å². The molecule has 0 saturated heterocycles. The smallest absolute Gasteiger partial charge is 0.255 e. The fourth-order valence-corrected chi connectivity index (χ4v) is 2.74. The highest BCUT2D eigenvalue weighted by molar-refractivity contribution is 7.90. The number of hydrogen-bond acceptors (Lipinski definition) is 5. The van der Waals surface area contributed by atoms with Crippen molar-refractivity contribution in [3.05, 3.63) is 72.0 Å². The van der Waals surface area contributed by atoms with Crippen molar-refractivity contribution in [2.24, 2.45) is 0 Å². The lowest BCUT2D eigenvalue weighted by atomic mass is 10.1. The summed E-state index contributed by atoms with van der Waals surface area (Å²) in [6.45, 7) is 0. The fourth-order valence-electron chi connectivity index (χ4n) is 2.23. The molecule has 0 fully saturated rings. The number of sulfone groups is 1. The number of anilines is 1. The molecule has 0 aliphatic carbocycles. The zero-order valence-corrected chi connectivity index (χ0v) is 14.5. The number of rotatable bonds is 4. The summed E-state index contributed by atoms with van der Waals surface area (Å²) in [5, 5.41) is 10.2. The van der Waals surface area contributed by atoms with Crippen molar-refractivity contribution in [3.8, 4) is 11.3 Å². The lowest BCUT2D eigenvalue weighted by Gasteiger charge is -2.07. The summed E-state index contributed by atoms with van der Waals surface area (Å²) in [4.78, 5) is 12.2. The van der Waals surface area contributed by atoms with Gasteiger partial charge >= 0.3 is 0 Å². The van der Waals surface area contributed by atoms with Crippen molar-refractivity contribution in [2.45, 2.75) is 5.03 Å². The number of halogens is 1. The van der Waals surface area contributed by atoms with Crippen molar-refractivity contribution in [3.63, 3.8) is 0 Å². The maximum Gasteiger partial charge on any atom is 0.255 e. The number of carbonyl (C=O) groups is 1. The van der Waals surface area contributed by atoms with E-state index in [1.807, 2.05) is 0 Å². The zero-order chi connectivity index (χ0) is 18.7. The molecule has 0 atom stereocenters. The third-order valence-electron chi connectivity index (χ3n) is 3.54. The molecule has 0 radical (unpaired) electrons. The van der Waals surface area contributed by atoms with Crippen LogP contribution >= 0.6 is 0 Å². The van der Waals surface area contributed by atoms with Crippen LogP contribution in [0.15, 0.2) is 65.7 Å². The average molecular weight is 371 g/mol. The second-order valence-electron chi connectivity index (χ2n) is 5.57. The van der Waals surface area contributed by atoms with Crippen LogP contribution in [0, 0.1) is 5.82 Å². The number of amides is 1. The van der Waals surface area contributed by atoms with E-state index in [1.165, 1.54) is 30.3 Å². The molecule has 132 valence electrons. The molecule has 0 aliphatic rings. The second-order valence-corrected chi connectivity index (χ2v) is 7.53. The minimum atomic E-state index is -3.42. The van der Waals surface area contributed by atoms with E-state index in [1.54, 1.807) is 30.3 Å². The van der Waals surface area contributed by atoms with Crippen LogP contribution in [0.25, 0.3) is 11.3 Å². The topological polar surface area (TPSA) is 89.0 Å². The predicted molar refractivity (Wildman–Crippen MR) is 94.9 cm³/mol. The molecule has 0 aliphatic heterocycles. The monoisotopic (exact) mass is 371 g/mol. The van der Waals surface area contributed by atoms with E-state index in [2.05, 4.69) is 15.5 Å². The minimum absolute atomic E-state index is 0.109. The van der Waals surface area contributed by atoms with Gasteiger partial charge in [-0.2, -0.15) is 0 Å². The summed E-state index contributed by atoms with van der Waals surface area (Å²) in [7, 11) is -3.42. The van der Waals surface area contributed by atoms with Gasteiger partial charge in [-0.3, -0.25) is 4.79 Å². The van der Waals surface area contributed by atoms with Crippen molar-refractivity contribution in [1.29, 1.82) is 0 Å². The first-order valence-corrected chi connectivity index (χ1v) is 9.43. The number of hydrogen-bond donors (Lipinski definition) is 1. The number of nitrogens with zero attached hydrogens (tertiary/aromatic N) is 2. The molecule has 8 heteroatoms. The van der Waals surface area contributed by atoms with E-state index >= 15 is 0 Å². The molecule has 2 aromatic carbocycles. The summed E-state index contributed by atoms with van der Waals surface area (Å²) in [6, 6.07) is 15.0. The van der Waals surface area contributed by atoms with Gasteiger partial charge in [0.2, 0.25) is 0 Å². The van der Waals surface area contributed by atoms with Crippen LogP contribution in [0.2, 0.25) is 0 Å². The Morgan fingerprint density at radius 1 is 1.00 bits per heavy atom. The Hall–Kier alpha value is -3.13. The van der Waals surface area contributed by atoms with Gasteiger partial charge in [0, 0.05) is 23.1 Å². The Morgan fingerprint density at radius 2 is 1.73 bits per heavy atom. The van der Waals surface area contributed by atoms with Crippen LogP contribution in [-0.4, -0.2) is 30.8 Å². The van der Waals surface area contributed by atoms with E-state index in [4.69, 9.17) is 0 Å². The molecule has 3 aromatic rings. The quantitative estimate of drug-likeness (QED) is 0.762. The molecule has 6 nitrogen and oxygen atoms in total. The molecule has 0 unspecified atom stereocenters. The van der Waals surface area contributed by atoms with Crippen LogP contribution in [0.5, 0.6) is 0 Å². The first kappa shape index (κ1) is 17.7. The normalized spacial score (nSPS) is 11.2. The van der Waals surface area contributed by atoms with Gasteiger partial charge in [-0.05, 0) is 48.5 Å². The molecule has 3 rings (SSSR count). The highest BCUT2D eigenvalue weighted by atomic mass is 32.2. The minimum Gasteiger partial charge on any atom is -0.322 e. The van der Waals surface area contributed by atoms with E-state index in [9.17, 15) is 17.6 Å². The van der Waals surface area contributed by atoms with E-state index in [0.29, 0.717) is 22.5 Å². The van der Waals surface area contributed by atoms with Gasteiger partial charge in [-0.15, -0.1) is 10.2 Å². The molecule has 1 N–H and O–H groups in total. The molecule has 26 heavy (non-hydrogen) atoms. The Kier molecular flexibility index (Phi) is 4.77. The van der Waals surface area contributed by atoms with Crippen molar-refractivity contribution in [2.75, 3.05) is 11.6 Å². The third-order valence-corrected chi connectivity index (χ3v) is 4.52. The molecular weight excluding hydrogens is 357 g/mol. The first-order chi connectivity index (χ1) is 12.3. The largest absolute Gasteiger partial charge is 0.322 e. The summed E-state index contributed by atoms with van der Waals surface area (Å²) >= 11 is 0. The predicted octanol–water partition coefficient (Wildman–Crippen LogP) is 2.94. The maximum atomic E-state index is 12.9. The van der Waals surface area contributed by atoms with Gasteiger partial charge in [0.25, 0.3) is 5.91 Å². The van der Waals surface area contributed by atoms with Gasteiger partial charge in [0.1, 0.15) is 5.82 Å². The zero-order valence-electron chi connectivity index (χ0n) is 13.7. The van der Waals surface area contributed by atoms with Gasteiger partial charge < -0.3 is 5.32 Å². The van der Waals surface area contributed by atoms with Gasteiger partial charge in [-0.25, -0.2) is 12.8 Å².